The lowest BCUT2D eigenvalue weighted by atomic mass is 9.98. The number of nitrogens with one attached hydrogen (secondary N) is 2. The molecule has 33 heavy (non-hydrogen) atoms. The van der Waals surface area contributed by atoms with Gasteiger partial charge in [-0.25, -0.2) is 4.79 Å². The highest BCUT2D eigenvalue weighted by Gasteiger charge is 2.30. The van der Waals surface area contributed by atoms with E-state index in [2.05, 4.69) is 22.8 Å². The van der Waals surface area contributed by atoms with Crippen LogP contribution in [0.3, 0.4) is 0 Å². The quantitative estimate of drug-likeness (QED) is 0.481. The molecule has 0 fully saturated rings. The lowest BCUT2D eigenvalue weighted by molar-refractivity contribution is -0.138. The van der Waals surface area contributed by atoms with Gasteiger partial charge >= 0.3 is 12.1 Å². The number of aliphatic carboxylic acids is 1. The first kappa shape index (κ1) is 24.3. The third kappa shape index (κ3) is 6.10. The second-order valence-electron chi connectivity index (χ2n) is 8.10. The van der Waals surface area contributed by atoms with Crippen LogP contribution in [0.4, 0.5) is 4.79 Å². The molecule has 0 bridgehead atoms. The Kier molecular flexibility index (Phi) is 8.43. The Bertz CT molecular complexity index is 947. The van der Waals surface area contributed by atoms with Gasteiger partial charge in [0.2, 0.25) is 5.91 Å². The van der Waals surface area contributed by atoms with Crippen LogP contribution in [0.25, 0.3) is 11.1 Å². The van der Waals surface area contributed by atoms with Gasteiger partial charge < -0.3 is 25.2 Å². The summed E-state index contributed by atoms with van der Waals surface area (Å²) in [5, 5.41) is 14.2. The monoisotopic (exact) mass is 454 g/mol. The van der Waals surface area contributed by atoms with Crippen LogP contribution in [0, 0.1) is 5.92 Å². The van der Waals surface area contributed by atoms with Crippen LogP contribution in [-0.2, 0) is 19.1 Å². The van der Waals surface area contributed by atoms with Gasteiger partial charge in [0.25, 0.3) is 0 Å². The fourth-order valence-electron chi connectivity index (χ4n) is 4.11. The van der Waals surface area contributed by atoms with Gasteiger partial charge in [0, 0.05) is 26.0 Å². The minimum absolute atomic E-state index is 0.0360. The van der Waals surface area contributed by atoms with Crippen molar-refractivity contribution < 1.29 is 29.0 Å². The highest BCUT2D eigenvalue weighted by molar-refractivity contribution is 5.86. The zero-order chi connectivity index (χ0) is 23.8. The summed E-state index contributed by atoms with van der Waals surface area (Å²) in [5.74, 6) is -1.64. The average molecular weight is 455 g/mol. The Hall–Kier alpha value is -3.39. The van der Waals surface area contributed by atoms with E-state index in [-0.39, 0.29) is 38.0 Å². The number of hydrogen-bond acceptors (Lipinski definition) is 5. The molecular weight excluding hydrogens is 424 g/mol. The fourth-order valence-corrected chi connectivity index (χ4v) is 4.11. The van der Waals surface area contributed by atoms with E-state index in [1.165, 1.54) is 7.11 Å². The van der Waals surface area contributed by atoms with Crippen molar-refractivity contribution in [1.29, 1.82) is 0 Å². The molecule has 2 unspecified atom stereocenters. The van der Waals surface area contributed by atoms with Gasteiger partial charge in [-0.1, -0.05) is 61.9 Å². The summed E-state index contributed by atoms with van der Waals surface area (Å²) in [7, 11) is 1.43. The van der Waals surface area contributed by atoms with E-state index in [1.54, 1.807) is 0 Å². The van der Waals surface area contributed by atoms with Gasteiger partial charge in [0.05, 0.1) is 6.61 Å². The minimum Gasteiger partial charge on any atom is -0.481 e. The largest absolute Gasteiger partial charge is 0.481 e. The number of hydrogen-bond donors (Lipinski definition) is 3. The van der Waals surface area contributed by atoms with E-state index in [1.807, 2.05) is 43.3 Å². The Balaban J connectivity index is 1.58. The minimum atomic E-state index is -0.951. The number of carbonyl (C=O) groups is 3. The first-order valence-electron chi connectivity index (χ1n) is 11.0. The number of carboxylic acid groups (broad SMARTS) is 1. The van der Waals surface area contributed by atoms with Crippen LogP contribution >= 0.6 is 0 Å². The topological polar surface area (TPSA) is 114 Å². The smallest absolute Gasteiger partial charge is 0.407 e. The first-order chi connectivity index (χ1) is 15.9. The normalized spacial score (nSPS) is 14.0. The number of amides is 2. The Morgan fingerprint density at radius 1 is 1.03 bits per heavy atom. The molecule has 0 heterocycles. The summed E-state index contributed by atoms with van der Waals surface area (Å²) >= 11 is 0. The van der Waals surface area contributed by atoms with Gasteiger partial charge in [0.1, 0.15) is 12.6 Å². The second-order valence-corrected chi connectivity index (χ2v) is 8.10. The van der Waals surface area contributed by atoms with Crippen LogP contribution in [0.15, 0.2) is 48.5 Å². The summed E-state index contributed by atoms with van der Waals surface area (Å²) in [6.45, 7) is 2.17. The van der Waals surface area contributed by atoms with Crippen molar-refractivity contribution in [2.75, 3.05) is 26.9 Å². The maximum Gasteiger partial charge on any atom is 0.407 e. The number of alkyl carbamates (subject to hydrolysis) is 1. The van der Waals surface area contributed by atoms with E-state index in [0.717, 1.165) is 22.3 Å². The molecule has 8 nitrogen and oxygen atoms in total. The molecule has 0 aromatic heterocycles. The molecule has 2 aromatic carbocycles. The van der Waals surface area contributed by atoms with E-state index >= 15 is 0 Å². The van der Waals surface area contributed by atoms with E-state index in [0.29, 0.717) is 6.42 Å². The summed E-state index contributed by atoms with van der Waals surface area (Å²) in [5.41, 5.74) is 4.46. The summed E-state index contributed by atoms with van der Waals surface area (Å²) in [6, 6.07) is 15.1. The molecule has 2 atom stereocenters. The van der Waals surface area contributed by atoms with Crippen molar-refractivity contribution in [3.8, 4) is 11.1 Å². The molecule has 0 radical (unpaired) electrons. The van der Waals surface area contributed by atoms with Crippen LogP contribution < -0.4 is 10.6 Å². The van der Waals surface area contributed by atoms with Crippen molar-refractivity contribution in [2.45, 2.75) is 31.7 Å². The highest BCUT2D eigenvalue weighted by atomic mass is 16.5. The van der Waals surface area contributed by atoms with Crippen LogP contribution in [0.1, 0.15) is 36.8 Å². The molecule has 1 aliphatic carbocycles. The van der Waals surface area contributed by atoms with E-state index in [9.17, 15) is 14.4 Å². The molecule has 2 aromatic rings. The number of carboxylic acids is 1. The molecule has 8 heteroatoms. The zero-order valence-electron chi connectivity index (χ0n) is 18.9. The van der Waals surface area contributed by atoms with Crippen molar-refractivity contribution in [3.63, 3.8) is 0 Å². The summed E-state index contributed by atoms with van der Waals surface area (Å²) < 4.78 is 10.6. The number of fused-ring (bicyclic) bond motifs is 3. The Morgan fingerprint density at radius 3 is 2.18 bits per heavy atom. The molecule has 0 saturated carbocycles. The van der Waals surface area contributed by atoms with E-state index < -0.39 is 24.0 Å². The fraction of sp³-hybridized carbons (Fsp3) is 0.400. The number of carbonyl (C=O) groups excluding carboxylic acids is 2. The van der Waals surface area contributed by atoms with Crippen LogP contribution in [0.2, 0.25) is 0 Å². The number of rotatable bonds is 11. The molecule has 1 aliphatic rings. The summed E-state index contributed by atoms with van der Waals surface area (Å²) in [6.07, 6.45) is -0.140. The summed E-state index contributed by atoms with van der Waals surface area (Å²) in [4.78, 5) is 36.0. The van der Waals surface area contributed by atoms with Crippen LogP contribution in [-0.4, -0.2) is 56.0 Å². The van der Waals surface area contributed by atoms with Gasteiger partial charge in [-0.2, -0.15) is 0 Å². The second kappa shape index (κ2) is 11.5. The lowest BCUT2D eigenvalue weighted by Crippen LogP contribution is -2.50. The SMILES string of the molecule is CCC(CNC(=O)C(COC)NC(=O)OCC1c2ccccc2-c2ccccc21)CC(=O)O. The average Bonchev–Trinajstić information content (AvgIpc) is 3.13. The maximum absolute atomic E-state index is 12.6. The molecule has 0 saturated heterocycles. The predicted molar refractivity (Wildman–Crippen MR) is 123 cm³/mol. The maximum atomic E-state index is 12.6. The number of ether oxygens (including phenoxy) is 2. The molecule has 0 aliphatic heterocycles. The van der Waals surface area contributed by atoms with Crippen molar-refractivity contribution >= 4 is 18.0 Å². The molecule has 176 valence electrons. The van der Waals surface area contributed by atoms with Gasteiger partial charge in [0.15, 0.2) is 0 Å². The molecule has 3 rings (SSSR count). The first-order valence-corrected chi connectivity index (χ1v) is 11.0. The van der Waals surface area contributed by atoms with Crippen molar-refractivity contribution in [3.05, 3.63) is 59.7 Å². The third-order valence-electron chi connectivity index (χ3n) is 5.89. The Labute approximate surface area is 193 Å². The highest BCUT2D eigenvalue weighted by Crippen LogP contribution is 2.44. The van der Waals surface area contributed by atoms with Crippen molar-refractivity contribution in [1.82, 2.24) is 10.6 Å². The van der Waals surface area contributed by atoms with Gasteiger partial charge in [-0.05, 0) is 28.2 Å². The molecular formula is C25H30N2O6. The molecule has 2 amide bonds. The lowest BCUT2D eigenvalue weighted by Gasteiger charge is -2.20. The zero-order valence-corrected chi connectivity index (χ0v) is 18.9. The third-order valence-corrected chi connectivity index (χ3v) is 5.89. The van der Waals surface area contributed by atoms with Crippen LogP contribution in [0.5, 0.6) is 0 Å². The van der Waals surface area contributed by atoms with Crippen molar-refractivity contribution in [2.24, 2.45) is 5.92 Å². The van der Waals surface area contributed by atoms with E-state index in [4.69, 9.17) is 14.6 Å². The molecule has 0 spiro atoms. The van der Waals surface area contributed by atoms with Gasteiger partial charge in [-0.15, -0.1) is 0 Å². The van der Waals surface area contributed by atoms with Gasteiger partial charge in [-0.3, -0.25) is 9.59 Å². The standard InChI is InChI=1S/C25H30N2O6/c1-3-16(12-23(28)29)13-26-24(30)22(15-32-2)27-25(31)33-14-21-19-10-6-4-8-17(19)18-9-5-7-11-20(18)21/h4-11,16,21-22H,3,12-15H2,1-2H3,(H,26,30)(H,27,31)(H,28,29). The predicted octanol–water partition coefficient (Wildman–Crippen LogP) is 3.16. The Morgan fingerprint density at radius 2 is 1.64 bits per heavy atom. The number of benzene rings is 2. The molecule has 3 N–H and O–H groups in total. The number of methoxy groups -OCH3 is 1.